The lowest BCUT2D eigenvalue weighted by Crippen LogP contribution is -2.38. The summed E-state index contributed by atoms with van der Waals surface area (Å²) in [5.41, 5.74) is 2.83. The molecular weight excluding hydrogens is 246 g/mol. The smallest absolute Gasteiger partial charge is 0.159 e. The van der Waals surface area contributed by atoms with Crippen molar-refractivity contribution in [1.82, 2.24) is 14.9 Å². The fourth-order valence-corrected chi connectivity index (χ4v) is 2.87. The van der Waals surface area contributed by atoms with Crippen LogP contribution in [0.15, 0.2) is 42.7 Å². The van der Waals surface area contributed by atoms with Crippen molar-refractivity contribution in [3.8, 4) is 11.4 Å². The van der Waals surface area contributed by atoms with Crippen LogP contribution in [-0.4, -0.2) is 35.0 Å². The van der Waals surface area contributed by atoms with E-state index in [0.717, 1.165) is 11.4 Å². The number of piperidine rings is 1. The van der Waals surface area contributed by atoms with Gasteiger partial charge in [0.1, 0.15) is 0 Å². The lowest BCUT2D eigenvalue weighted by atomic mass is 9.74. The maximum Gasteiger partial charge on any atom is 0.159 e. The zero-order valence-corrected chi connectivity index (χ0v) is 12.2. The van der Waals surface area contributed by atoms with Gasteiger partial charge < -0.3 is 4.90 Å². The number of likely N-dealkylation sites (tertiary alicyclic amines) is 1. The Bertz CT molecular complexity index is 555. The van der Waals surface area contributed by atoms with E-state index in [-0.39, 0.29) is 0 Å². The monoisotopic (exact) mass is 267 g/mol. The van der Waals surface area contributed by atoms with Gasteiger partial charge in [-0.25, -0.2) is 9.97 Å². The molecule has 3 nitrogen and oxygen atoms in total. The van der Waals surface area contributed by atoms with Crippen molar-refractivity contribution in [2.75, 3.05) is 20.1 Å². The highest BCUT2D eigenvalue weighted by atomic mass is 15.1. The Balaban J connectivity index is 1.83. The predicted octanol–water partition coefficient (Wildman–Crippen LogP) is 3.13. The minimum Gasteiger partial charge on any atom is -0.306 e. The Morgan fingerprint density at radius 3 is 2.20 bits per heavy atom. The van der Waals surface area contributed by atoms with Crippen molar-refractivity contribution in [2.24, 2.45) is 0 Å². The molecule has 1 aromatic heterocycles. The number of nitrogens with zero attached hydrogens (tertiary/aromatic N) is 3. The van der Waals surface area contributed by atoms with Crippen LogP contribution in [-0.2, 0) is 5.41 Å². The quantitative estimate of drug-likeness (QED) is 0.837. The van der Waals surface area contributed by atoms with Gasteiger partial charge in [0.05, 0.1) is 0 Å². The minimum absolute atomic E-state index is 0.308. The van der Waals surface area contributed by atoms with Crippen molar-refractivity contribution in [1.29, 1.82) is 0 Å². The topological polar surface area (TPSA) is 29.0 Å². The number of aromatic nitrogens is 2. The summed E-state index contributed by atoms with van der Waals surface area (Å²) in [6.45, 7) is 4.74. The molecule has 1 fully saturated rings. The van der Waals surface area contributed by atoms with Gasteiger partial charge in [-0.1, -0.05) is 31.2 Å². The summed E-state index contributed by atoms with van der Waals surface area (Å²) in [5, 5.41) is 0. The molecule has 20 heavy (non-hydrogen) atoms. The first kappa shape index (κ1) is 13.3. The summed E-state index contributed by atoms with van der Waals surface area (Å²) in [7, 11) is 2.20. The number of rotatable bonds is 2. The molecule has 3 heteroatoms. The summed E-state index contributed by atoms with van der Waals surface area (Å²) in [6.07, 6.45) is 6.03. The Morgan fingerprint density at radius 2 is 1.60 bits per heavy atom. The van der Waals surface area contributed by atoms with Gasteiger partial charge in [-0.3, -0.25) is 0 Å². The Hall–Kier alpha value is -1.74. The molecular formula is C17H21N3. The first-order chi connectivity index (χ1) is 9.67. The van der Waals surface area contributed by atoms with Gasteiger partial charge in [-0.2, -0.15) is 0 Å². The SMILES string of the molecule is CN1CCC(C)(c2ccc(-c3ncccn3)cc2)CC1. The summed E-state index contributed by atoms with van der Waals surface area (Å²) >= 11 is 0. The average molecular weight is 267 g/mol. The third-order valence-electron chi connectivity index (χ3n) is 4.50. The molecule has 3 rings (SSSR count). The molecule has 0 bridgehead atoms. The van der Waals surface area contributed by atoms with Gasteiger partial charge in [0.15, 0.2) is 5.82 Å². The van der Waals surface area contributed by atoms with Gasteiger partial charge >= 0.3 is 0 Å². The number of hydrogen-bond acceptors (Lipinski definition) is 3. The highest BCUT2D eigenvalue weighted by Gasteiger charge is 2.30. The van der Waals surface area contributed by atoms with Gasteiger partial charge in [0.2, 0.25) is 0 Å². The molecule has 0 radical (unpaired) electrons. The van der Waals surface area contributed by atoms with Gasteiger partial charge in [-0.05, 0) is 50.0 Å². The molecule has 1 aliphatic heterocycles. The van der Waals surface area contributed by atoms with Crippen LogP contribution in [0.3, 0.4) is 0 Å². The minimum atomic E-state index is 0.308. The second-order valence-electron chi connectivity index (χ2n) is 6.01. The van der Waals surface area contributed by atoms with E-state index in [1.165, 1.54) is 31.5 Å². The number of hydrogen-bond donors (Lipinski definition) is 0. The van der Waals surface area contributed by atoms with E-state index in [2.05, 4.69) is 53.1 Å². The van der Waals surface area contributed by atoms with E-state index < -0.39 is 0 Å². The van der Waals surface area contributed by atoms with E-state index in [1.807, 2.05) is 6.07 Å². The van der Waals surface area contributed by atoms with E-state index in [1.54, 1.807) is 12.4 Å². The van der Waals surface area contributed by atoms with E-state index >= 15 is 0 Å². The average Bonchev–Trinajstić information content (AvgIpc) is 2.52. The van der Waals surface area contributed by atoms with Crippen LogP contribution < -0.4 is 0 Å². The molecule has 0 spiro atoms. The molecule has 0 N–H and O–H groups in total. The van der Waals surface area contributed by atoms with Crippen molar-refractivity contribution in [3.05, 3.63) is 48.3 Å². The van der Waals surface area contributed by atoms with Crippen LogP contribution in [0.25, 0.3) is 11.4 Å². The molecule has 104 valence electrons. The third kappa shape index (κ3) is 2.59. The molecule has 0 amide bonds. The van der Waals surface area contributed by atoms with Crippen molar-refractivity contribution < 1.29 is 0 Å². The second-order valence-corrected chi connectivity index (χ2v) is 6.01. The summed E-state index contributed by atoms with van der Waals surface area (Å²) in [6, 6.07) is 10.6. The molecule has 1 saturated heterocycles. The van der Waals surface area contributed by atoms with Crippen LogP contribution >= 0.6 is 0 Å². The first-order valence-electron chi connectivity index (χ1n) is 7.24. The van der Waals surface area contributed by atoms with Crippen molar-refractivity contribution in [3.63, 3.8) is 0 Å². The van der Waals surface area contributed by atoms with Gasteiger partial charge in [0, 0.05) is 18.0 Å². The summed E-state index contributed by atoms with van der Waals surface area (Å²) in [5.74, 6) is 0.799. The fraction of sp³-hybridized carbons (Fsp3) is 0.412. The Labute approximate surface area is 120 Å². The highest BCUT2D eigenvalue weighted by Crippen LogP contribution is 2.35. The Morgan fingerprint density at radius 1 is 1.00 bits per heavy atom. The molecule has 0 aliphatic carbocycles. The molecule has 0 unspecified atom stereocenters. The normalized spacial score (nSPS) is 18.9. The molecule has 1 aliphatic rings. The standard InChI is InChI=1S/C17H21N3/c1-17(8-12-20(2)13-9-17)15-6-4-14(5-7-15)16-18-10-3-11-19-16/h3-7,10-11H,8-9,12-13H2,1-2H3. The van der Waals surface area contributed by atoms with Gasteiger partial charge in [0.25, 0.3) is 0 Å². The fourth-order valence-electron chi connectivity index (χ4n) is 2.87. The van der Waals surface area contributed by atoms with Crippen LogP contribution in [0.4, 0.5) is 0 Å². The first-order valence-corrected chi connectivity index (χ1v) is 7.24. The van der Waals surface area contributed by atoms with Crippen molar-refractivity contribution >= 4 is 0 Å². The van der Waals surface area contributed by atoms with E-state index in [9.17, 15) is 0 Å². The lowest BCUT2D eigenvalue weighted by Gasteiger charge is -2.38. The summed E-state index contributed by atoms with van der Waals surface area (Å²) < 4.78 is 0. The van der Waals surface area contributed by atoms with Crippen molar-refractivity contribution in [2.45, 2.75) is 25.2 Å². The molecule has 1 aromatic carbocycles. The Kier molecular flexibility index (Phi) is 3.53. The largest absolute Gasteiger partial charge is 0.306 e. The lowest BCUT2D eigenvalue weighted by molar-refractivity contribution is 0.200. The van der Waals surface area contributed by atoms with Gasteiger partial charge in [-0.15, -0.1) is 0 Å². The zero-order chi connectivity index (χ0) is 14.0. The molecule has 0 atom stereocenters. The molecule has 2 aromatic rings. The van der Waals surface area contributed by atoms with Crippen LogP contribution in [0.2, 0.25) is 0 Å². The predicted molar refractivity (Wildman–Crippen MR) is 81.6 cm³/mol. The van der Waals surface area contributed by atoms with E-state index in [0.29, 0.717) is 5.41 Å². The van der Waals surface area contributed by atoms with Crippen LogP contribution in [0.5, 0.6) is 0 Å². The van der Waals surface area contributed by atoms with Crippen LogP contribution in [0.1, 0.15) is 25.3 Å². The summed E-state index contributed by atoms with van der Waals surface area (Å²) in [4.78, 5) is 11.0. The highest BCUT2D eigenvalue weighted by molar-refractivity contribution is 5.55. The third-order valence-corrected chi connectivity index (χ3v) is 4.50. The molecule has 2 heterocycles. The maximum atomic E-state index is 4.30. The number of benzene rings is 1. The van der Waals surface area contributed by atoms with Crippen LogP contribution in [0, 0.1) is 0 Å². The van der Waals surface area contributed by atoms with E-state index in [4.69, 9.17) is 0 Å². The molecule has 0 saturated carbocycles. The maximum absolute atomic E-state index is 4.30. The second kappa shape index (κ2) is 5.33. The zero-order valence-electron chi connectivity index (χ0n) is 12.2.